The van der Waals surface area contributed by atoms with E-state index in [9.17, 15) is 9.90 Å². The number of aliphatic carboxylic acids is 1. The number of carboxylic acid groups (broad SMARTS) is 1. The number of fused-ring (bicyclic) bond motifs is 1. The van der Waals surface area contributed by atoms with E-state index in [0.29, 0.717) is 12.8 Å². The monoisotopic (exact) mass is 208 g/mol. The van der Waals surface area contributed by atoms with Gasteiger partial charge in [0.05, 0.1) is 0 Å². The van der Waals surface area contributed by atoms with Crippen LogP contribution < -0.4 is 4.74 Å². The highest BCUT2D eigenvalue weighted by Gasteiger charge is 2.23. The fourth-order valence-corrected chi connectivity index (χ4v) is 1.75. The smallest absolute Gasteiger partial charge is 0.303 e. The van der Waals surface area contributed by atoms with Gasteiger partial charge in [0.1, 0.15) is 17.6 Å². The molecule has 1 aliphatic heterocycles. The molecule has 4 heteroatoms. The van der Waals surface area contributed by atoms with Gasteiger partial charge in [-0.25, -0.2) is 0 Å². The summed E-state index contributed by atoms with van der Waals surface area (Å²) in [6.07, 6.45) is 1.23. The molecule has 2 rings (SSSR count). The summed E-state index contributed by atoms with van der Waals surface area (Å²) in [5.41, 5.74) is 0.949. The van der Waals surface area contributed by atoms with Crippen LogP contribution in [0.3, 0.4) is 0 Å². The number of carboxylic acids is 1. The van der Waals surface area contributed by atoms with E-state index < -0.39 is 5.97 Å². The van der Waals surface area contributed by atoms with Gasteiger partial charge in [-0.05, 0) is 24.6 Å². The number of hydrogen-bond donors (Lipinski definition) is 2. The largest absolute Gasteiger partial charge is 0.508 e. The predicted octanol–water partition coefficient (Wildman–Crippen LogP) is 1.56. The van der Waals surface area contributed by atoms with Crippen LogP contribution >= 0.6 is 0 Å². The standard InChI is InChI=1S/C11H12O4/c12-8-1-3-10-7(5-8)6-9(15-10)2-4-11(13)14/h1,3,5,9,12H,2,4,6H2,(H,13,14). The lowest BCUT2D eigenvalue weighted by atomic mass is 10.1. The van der Waals surface area contributed by atoms with Crippen LogP contribution in [0.2, 0.25) is 0 Å². The van der Waals surface area contributed by atoms with Crippen LogP contribution in [0.5, 0.6) is 11.5 Å². The molecule has 1 aliphatic rings. The Labute approximate surface area is 87.1 Å². The van der Waals surface area contributed by atoms with Gasteiger partial charge in [0.25, 0.3) is 0 Å². The summed E-state index contributed by atoms with van der Waals surface area (Å²) in [6.45, 7) is 0. The van der Waals surface area contributed by atoms with Crippen LogP contribution in [0.15, 0.2) is 18.2 Å². The Bertz CT molecular complexity index is 386. The molecule has 0 radical (unpaired) electrons. The van der Waals surface area contributed by atoms with E-state index in [1.807, 2.05) is 0 Å². The highest BCUT2D eigenvalue weighted by atomic mass is 16.5. The van der Waals surface area contributed by atoms with Crippen LogP contribution in [0.1, 0.15) is 18.4 Å². The minimum absolute atomic E-state index is 0.0714. The zero-order valence-electron chi connectivity index (χ0n) is 8.14. The molecule has 0 fully saturated rings. The SMILES string of the molecule is O=C(O)CCC1Cc2cc(O)ccc2O1. The average molecular weight is 208 g/mol. The second-order valence-electron chi connectivity index (χ2n) is 3.67. The number of phenols is 1. The molecule has 0 amide bonds. The summed E-state index contributed by atoms with van der Waals surface area (Å²) >= 11 is 0. The fourth-order valence-electron chi connectivity index (χ4n) is 1.75. The number of ether oxygens (including phenoxy) is 1. The van der Waals surface area contributed by atoms with Crippen molar-refractivity contribution in [1.82, 2.24) is 0 Å². The zero-order chi connectivity index (χ0) is 10.8. The van der Waals surface area contributed by atoms with E-state index in [1.54, 1.807) is 18.2 Å². The molecule has 0 spiro atoms. The van der Waals surface area contributed by atoms with Crippen LogP contribution in [0, 0.1) is 0 Å². The highest BCUT2D eigenvalue weighted by molar-refractivity contribution is 5.66. The van der Waals surface area contributed by atoms with Gasteiger partial charge >= 0.3 is 5.97 Å². The van der Waals surface area contributed by atoms with Crippen molar-refractivity contribution in [2.24, 2.45) is 0 Å². The lowest BCUT2D eigenvalue weighted by Crippen LogP contribution is -2.14. The van der Waals surface area contributed by atoms with Crippen molar-refractivity contribution < 1.29 is 19.7 Å². The van der Waals surface area contributed by atoms with Crippen molar-refractivity contribution in [2.75, 3.05) is 0 Å². The van der Waals surface area contributed by atoms with Gasteiger partial charge < -0.3 is 14.9 Å². The second-order valence-corrected chi connectivity index (χ2v) is 3.67. The minimum Gasteiger partial charge on any atom is -0.508 e. The normalized spacial score (nSPS) is 18.3. The van der Waals surface area contributed by atoms with E-state index in [2.05, 4.69) is 0 Å². The van der Waals surface area contributed by atoms with Crippen LogP contribution in [0.25, 0.3) is 0 Å². The first kappa shape index (κ1) is 9.83. The molecule has 0 saturated heterocycles. The minimum atomic E-state index is -0.808. The molecule has 0 aliphatic carbocycles. The van der Waals surface area contributed by atoms with Gasteiger partial charge in [0, 0.05) is 18.4 Å². The third-order valence-corrected chi connectivity index (χ3v) is 2.47. The van der Waals surface area contributed by atoms with E-state index in [0.717, 1.165) is 11.3 Å². The molecule has 1 aromatic carbocycles. The van der Waals surface area contributed by atoms with Crippen LogP contribution in [-0.2, 0) is 11.2 Å². The number of benzene rings is 1. The molecule has 4 nitrogen and oxygen atoms in total. The van der Waals surface area contributed by atoms with E-state index in [-0.39, 0.29) is 18.3 Å². The van der Waals surface area contributed by atoms with Gasteiger partial charge in [0.15, 0.2) is 0 Å². The lowest BCUT2D eigenvalue weighted by Gasteiger charge is -2.07. The molecule has 1 atom stereocenters. The quantitative estimate of drug-likeness (QED) is 0.791. The first-order valence-electron chi connectivity index (χ1n) is 4.85. The second kappa shape index (κ2) is 3.81. The van der Waals surface area contributed by atoms with E-state index in [1.165, 1.54) is 0 Å². The Morgan fingerprint density at radius 2 is 2.33 bits per heavy atom. The first-order valence-corrected chi connectivity index (χ1v) is 4.85. The number of carbonyl (C=O) groups is 1. The highest BCUT2D eigenvalue weighted by Crippen LogP contribution is 2.32. The van der Waals surface area contributed by atoms with Gasteiger partial charge in [0.2, 0.25) is 0 Å². The molecule has 2 N–H and O–H groups in total. The Hall–Kier alpha value is -1.71. The molecule has 80 valence electrons. The summed E-state index contributed by atoms with van der Waals surface area (Å²) < 4.78 is 5.54. The molecular weight excluding hydrogens is 196 g/mol. The van der Waals surface area contributed by atoms with Gasteiger partial charge in [-0.3, -0.25) is 4.79 Å². The maximum absolute atomic E-state index is 10.4. The third-order valence-electron chi connectivity index (χ3n) is 2.47. The maximum Gasteiger partial charge on any atom is 0.303 e. The zero-order valence-corrected chi connectivity index (χ0v) is 8.14. The molecule has 0 bridgehead atoms. The summed E-state index contributed by atoms with van der Waals surface area (Å²) in [4.78, 5) is 10.4. The fraction of sp³-hybridized carbons (Fsp3) is 0.364. The van der Waals surface area contributed by atoms with E-state index >= 15 is 0 Å². The topological polar surface area (TPSA) is 66.8 Å². The number of hydrogen-bond acceptors (Lipinski definition) is 3. The average Bonchev–Trinajstić information content (AvgIpc) is 2.56. The van der Waals surface area contributed by atoms with Crippen molar-refractivity contribution in [3.05, 3.63) is 23.8 Å². The van der Waals surface area contributed by atoms with Crippen molar-refractivity contribution in [1.29, 1.82) is 0 Å². The van der Waals surface area contributed by atoms with Crippen molar-refractivity contribution in [2.45, 2.75) is 25.4 Å². The van der Waals surface area contributed by atoms with Crippen molar-refractivity contribution >= 4 is 5.97 Å². The molecular formula is C11H12O4. The number of phenolic OH excluding ortho intramolecular Hbond substituents is 1. The predicted molar refractivity (Wildman–Crippen MR) is 53.1 cm³/mol. The Morgan fingerprint density at radius 3 is 3.07 bits per heavy atom. The van der Waals surface area contributed by atoms with Crippen molar-refractivity contribution in [3.63, 3.8) is 0 Å². The van der Waals surface area contributed by atoms with Crippen LogP contribution in [-0.4, -0.2) is 22.3 Å². The van der Waals surface area contributed by atoms with Crippen LogP contribution in [0.4, 0.5) is 0 Å². The van der Waals surface area contributed by atoms with Gasteiger partial charge in [-0.2, -0.15) is 0 Å². The molecule has 0 aromatic heterocycles. The van der Waals surface area contributed by atoms with Gasteiger partial charge in [-0.15, -0.1) is 0 Å². The Kier molecular flexibility index (Phi) is 2.49. The Morgan fingerprint density at radius 1 is 1.53 bits per heavy atom. The summed E-state index contributed by atoms with van der Waals surface area (Å²) in [5, 5.41) is 17.8. The summed E-state index contributed by atoms with van der Waals surface area (Å²) in [6, 6.07) is 4.94. The Balaban J connectivity index is 2.00. The summed E-state index contributed by atoms with van der Waals surface area (Å²) in [5.74, 6) is 0.164. The van der Waals surface area contributed by atoms with Gasteiger partial charge in [-0.1, -0.05) is 0 Å². The molecule has 1 unspecified atom stereocenters. The number of rotatable bonds is 3. The van der Waals surface area contributed by atoms with E-state index in [4.69, 9.17) is 9.84 Å². The first-order chi connectivity index (χ1) is 7.15. The van der Waals surface area contributed by atoms with Crippen molar-refractivity contribution in [3.8, 4) is 11.5 Å². The molecule has 1 heterocycles. The maximum atomic E-state index is 10.4. The molecule has 1 aromatic rings. The lowest BCUT2D eigenvalue weighted by molar-refractivity contribution is -0.137. The third kappa shape index (κ3) is 2.21. The number of aromatic hydroxyl groups is 1. The summed E-state index contributed by atoms with van der Waals surface area (Å²) in [7, 11) is 0. The molecule has 15 heavy (non-hydrogen) atoms. The molecule has 0 saturated carbocycles.